The lowest BCUT2D eigenvalue weighted by atomic mass is 10.3. The van der Waals surface area contributed by atoms with Gasteiger partial charge < -0.3 is 14.3 Å². The number of carbonyl (C=O) groups is 1. The number of hydrogen-bond acceptors (Lipinski definition) is 5. The van der Waals surface area contributed by atoms with Crippen LogP contribution in [0.15, 0.2) is 34.5 Å². The van der Waals surface area contributed by atoms with Crippen LogP contribution < -0.4 is 11.2 Å². The molecule has 1 aromatic rings. The molecule has 0 fully saturated rings. The molecule has 0 saturated carbocycles. The minimum Gasteiger partial charge on any atom is -0.373 e. The number of ether oxygens (including phenoxy) is 2. The lowest BCUT2D eigenvalue weighted by Crippen LogP contribution is -2.36. The average Bonchev–Trinajstić information content (AvgIpc) is 2.43. The molecule has 0 bridgehead atoms. The quantitative estimate of drug-likeness (QED) is 0.398. The van der Waals surface area contributed by atoms with Gasteiger partial charge in [0.2, 0.25) is 0 Å². The number of aromatic nitrogens is 2. The van der Waals surface area contributed by atoms with E-state index in [1.807, 2.05) is 0 Å². The number of rotatable bonds is 9. The molecule has 0 amide bonds. The predicted octanol–water partition coefficient (Wildman–Crippen LogP) is 0.232. The highest BCUT2D eigenvalue weighted by molar-refractivity contribution is 5.55. The van der Waals surface area contributed by atoms with Gasteiger partial charge in [-0.2, -0.15) is 0 Å². The van der Waals surface area contributed by atoms with Gasteiger partial charge >= 0.3 is 5.69 Å². The normalized spacial score (nSPS) is 13.7. The van der Waals surface area contributed by atoms with Crippen molar-refractivity contribution in [2.75, 3.05) is 13.2 Å². The Labute approximate surface area is 115 Å². The number of carbonyl (C=O) groups excluding carboxylic acids is 1. The zero-order valence-corrected chi connectivity index (χ0v) is 11.3. The summed E-state index contributed by atoms with van der Waals surface area (Å²) >= 11 is 0. The highest BCUT2D eigenvalue weighted by atomic mass is 16.5. The molecule has 2 atom stereocenters. The fourth-order valence-electron chi connectivity index (χ4n) is 1.52. The molecule has 0 aliphatic heterocycles. The maximum atomic E-state index is 11.7. The maximum Gasteiger partial charge on any atom is 0.330 e. The Kier molecular flexibility index (Phi) is 6.61. The van der Waals surface area contributed by atoms with Crippen LogP contribution >= 0.6 is 0 Å². The lowest BCUT2D eigenvalue weighted by Gasteiger charge is -2.22. The second-order valence-electron chi connectivity index (χ2n) is 4.02. The first-order valence-corrected chi connectivity index (χ1v) is 6.23. The Morgan fingerprint density at radius 3 is 2.80 bits per heavy atom. The highest BCUT2D eigenvalue weighted by Crippen LogP contribution is 2.10. The standard InChI is InChI=1S/C13H18N2O5/c1-3-7-19-9-12(20-10(4-2)8-16)15-6-5-11(17)14-13(15)18/h3,5-6,8,10,12H,1,4,7,9H2,2H3,(H,14,17,18). The summed E-state index contributed by atoms with van der Waals surface area (Å²) < 4.78 is 12.0. The van der Waals surface area contributed by atoms with Gasteiger partial charge in [-0.25, -0.2) is 4.79 Å². The van der Waals surface area contributed by atoms with E-state index in [0.717, 1.165) is 0 Å². The van der Waals surface area contributed by atoms with Crippen LogP contribution in [0.4, 0.5) is 0 Å². The number of nitrogens with one attached hydrogen (secondary N) is 1. The Morgan fingerprint density at radius 1 is 1.50 bits per heavy atom. The second-order valence-corrected chi connectivity index (χ2v) is 4.02. The molecule has 110 valence electrons. The Morgan fingerprint density at radius 2 is 2.25 bits per heavy atom. The topological polar surface area (TPSA) is 90.4 Å². The van der Waals surface area contributed by atoms with Crippen molar-refractivity contribution in [3.8, 4) is 0 Å². The number of hydrogen-bond donors (Lipinski definition) is 1. The molecule has 0 aromatic carbocycles. The minimum atomic E-state index is -0.797. The van der Waals surface area contributed by atoms with Crippen molar-refractivity contribution in [3.05, 3.63) is 45.8 Å². The van der Waals surface area contributed by atoms with Crippen molar-refractivity contribution >= 4 is 6.29 Å². The molecule has 0 aliphatic rings. The van der Waals surface area contributed by atoms with Gasteiger partial charge in [0.15, 0.2) is 6.23 Å². The molecule has 20 heavy (non-hydrogen) atoms. The van der Waals surface area contributed by atoms with Gasteiger partial charge in [0.25, 0.3) is 5.56 Å². The third-order valence-electron chi connectivity index (χ3n) is 2.54. The average molecular weight is 282 g/mol. The summed E-state index contributed by atoms with van der Waals surface area (Å²) in [5.74, 6) is 0. The van der Waals surface area contributed by atoms with Crippen molar-refractivity contribution in [3.63, 3.8) is 0 Å². The van der Waals surface area contributed by atoms with E-state index < -0.39 is 23.6 Å². The maximum absolute atomic E-state index is 11.7. The van der Waals surface area contributed by atoms with Crippen molar-refractivity contribution in [1.82, 2.24) is 9.55 Å². The van der Waals surface area contributed by atoms with Gasteiger partial charge in [-0.05, 0) is 6.42 Å². The lowest BCUT2D eigenvalue weighted by molar-refractivity contribution is -0.133. The van der Waals surface area contributed by atoms with Gasteiger partial charge in [-0.15, -0.1) is 6.58 Å². The van der Waals surface area contributed by atoms with Crippen LogP contribution in [-0.4, -0.2) is 35.2 Å². The SMILES string of the molecule is C=CCOCC(OC(C=O)CC)n1ccc(=O)[nH]c1=O. The Balaban J connectivity index is 2.95. The molecular formula is C13H18N2O5. The van der Waals surface area contributed by atoms with Gasteiger partial charge in [0, 0.05) is 12.3 Å². The van der Waals surface area contributed by atoms with Crippen LogP contribution in [0.2, 0.25) is 0 Å². The smallest absolute Gasteiger partial charge is 0.330 e. The Hall–Kier alpha value is -1.99. The summed E-state index contributed by atoms with van der Waals surface area (Å²) in [6, 6.07) is 1.20. The highest BCUT2D eigenvalue weighted by Gasteiger charge is 2.18. The van der Waals surface area contributed by atoms with Crippen LogP contribution in [0, 0.1) is 0 Å². The molecular weight excluding hydrogens is 264 g/mol. The van der Waals surface area contributed by atoms with Crippen molar-refractivity contribution in [2.24, 2.45) is 0 Å². The molecule has 0 aliphatic carbocycles. The number of nitrogens with zero attached hydrogens (tertiary/aromatic N) is 1. The Bertz CT molecular complexity index is 548. The summed E-state index contributed by atoms with van der Waals surface area (Å²) in [6.45, 7) is 5.65. The van der Waals surface area contributed by atoms with Crippen LogP contribution in [0.1, 0.15) is 19.6 Å². The second kappa shape index (κ2) is 8.23. The number of H-pyrrole nitrogens is 1. The van der Waals surface area contributed by atoms with Gasteiger partial charge in [0.05, 0.1) is 13.2 Å². The fourth-order valence-corrected chi connectivity index (χ4v) is 1.52. The largest absolute Gasteiger partial charge is 0.373 e. The molecule has 1 rings (SSSR count). The third kappa shape index (κ3) is 4.60. The van der Waals surface area contributed by atoms with Crippen LogP contribution in [0.5, 0.6) is 0 Å². The minimum absolute atomic E-state index is 0.0578. The molecule has 0 saturated heterocycles. The number of aldehydes is 1. The van der Waals surface area contributed by atoms with Crippen LogP contribution in [0.25, 0.3) is 0 Å². The van der Waals surface area contributed by atoms with E-state index >= 15 is 0 Å². The molecule has 7 heteroatoms. The molecule has 0 radical (unpaired) electrons. The molecule has 2 unspecified atom stereocenters. The molecule has 0 spiro atoms. The van der Waals surface area contributed by atoms with Crippen molar-refractivity contribution in [1.29, 1.82) is 0 Å². The fraction of sp³-hybridized carbons (Fsp3) is 0.462. The van der Waals surface area contributed by atoms with Gasteiger partial charge in [-0.1, -0.05) is 13.0 Å². The first-order chi connectivity index (χ1) is 9.62. The van der Waals surface area contributed by atoms with E-state index in [0.29, 0.717) is 12.7 Å². The van der Waals surface area contributed by atoms with E-state index in [1.165, 1.54) is 16.8 Å². The molecule has 1 heterocycles. The van der Waals surface area contributed by atoms with E-state index in [9.17, 15) is 14.4 Å². The van der Waals surface area contributed by atoms with Crippen LogP contribution in [0.3, 0.4) is 0 Å². The van der Waals surface area contributed by atoms with Gasteiger partial charge in [-0.3, -0.25) is 14.3 Å². The first-order valence-electron chi connectivity index (χ1n) is 6.23. The zero-order valence-electron chi connectivity index (χ0n) is 11.3. The summed E-state index contributed by atoms with van der Waals surface area (Å²) in [5, 5.41) is 0. The van der Waals surface area contributed by atoms with E-state index in [-0.39, 0.29) is 13.2 Å². The monoisotopic (exact) mass is 282 g/mol. The molecule has 1 aromatic heterocycles. The predicted molar refractivity (Wildman–Crippen MR) is 72.6 cm³/mol. The summed E-state index contributed by atoms with van der Waals surface area (Å²) in [6.07, 6.45) is 2.56. The summed E-state index contributed by atoms with van der Waals surface area (Å²) in [4.78, 5) is 35.8. The summed E-state index contributed by atoms with van der Waals surface area (Å²) in [7, 11) is 0. The zero-order chi connectivity index (χ0) is 15.0. The van der Waals surface area contributed by atoms with E-state index in [1.54, 1.807) is 13.0 Å². The van der Waals surface area contributed by atoms with Crippen molar-refractivity contribution < 1.29 is 14.3 Å². The summed E-state index contributed by atoms with van der Waals surface area (Å²) in [5.41, 5.74) is -1.12. The van der Waals surface area contributed by atoms with E-state index in [2.05, 4.69) is 11.6 Å². The third-order valence-corrected chi connectivity index (χ3v) is 2.54. The molecule has 1 N–H and O–H groups in total. The van der Waals surface area contributed by atoms with Crippen molar-refractivity contribution in [2.45, 2.75) is 25.7 Å². The number of aromatic amines is 1. The van der Waals surface area contributed by atoms with Crippen LogP contribution in [-0.2, 0) is 14.3 Å². The van der Waals surface area contributed by atoms with E-state index in [4.69, 9.17) is 9.47 Å². The van der Waals surface area contributed by atoms with Gasteiger partial charge in [0.1, 0.15) is 12.4 Å². The first kappa shape index (κ1) is 16.1. The molecule has 7 nitrogen and oxygen atoms in total.